The highest BCUT2D eigenvalue weighted by Gasteiger charge is 2.14. The van der Waals surface area contributed by atoms with Gasteiger partial charge in [-0.3, -0.25) is 0 Å². The summed E-state index contributed by atoms with van der Waals surface area (Å²) in [5.41, 5.74) is 1.36. The van der Waals surface area contributed by atoms with Crippen LogP contribution in [0.3, 0.4) is 0 Å². The first-order valence-electron chi connectivity index (χ1n) is 5.19. The van der Waals surface area contributed by atoms with E-state index in [1.165, 1.54) is 44.5 Å². The van der Waals surface area contributed by atoms with E-state index in [-0.39, 0.29) is 0 Å². The van der Waals surface area contributed by atoms with Crippen LogP contribution in [0, 0.1) is 5.92 Å². The van der Waals surface area contributed by atoms with E-state index in [1.54, 1.807) is 0 Å². The largest absolute Gasteiger partial charge is 0.375 e. The van der Waals surface area contributed by atoms with Crippen molar-refractivity contribution in [2.24, 2.45) is 5.92 Å². The van der Waals surface area contributed by atoms with Crippen LogP contribution in [0.4, 0.5) is 0 Å². The number of rotatable bonds is 3. The van der Waals surface area contributed by atoms with E-state index < -0.39 is 0 Å². The predicted molar refractivity (Wildman–Crippen MR) is 54.0 cm³/mol. The lowest BCUT2D eigenvalue weighted by Crippen LogP contribution is -2.30. The van der Waals surface area contributed by atoms with Gasteiger partial charge in [0.2, 0.25) is 0 Å². The minimum atomic E-state index is 0.670. The van der Waals surface area contributed by atoms with Gasteiger partial charge in [-0.1, -0.05) is 20.4 Å². The molecular formula is C11H21N. The second-order valence-electron chi connectivity index (χ2n) is 3.85. The molecule has 0 spiro atoms. The van der Waals surface area contributed by atoms with Crippen LogP contribution in [-0.2, 0) is 0 Å². The zero-order valence-corrected chi connectivity index (χ0v) is 8.47. The summed E-state index contributed by atoms with van der Waals surface area (Å²) < 4.78 is 0. The van der Waals surface area contributed by atoms with Gasteiger partial charge in [0.15, 0.2) is 0 Å². The molecule has 0 aromatic carbocycles. The van der Waals surface area contributed by atoms with Crippen molar-refractivity contribution in [2.75, 3.05) is 13.1 Å². The fraction of sp³-hybridized carbons (Fsp3) is 0.818. The minimum absolute atomic E-state index is 0.670. The van der Waals surface area contributed by atoms with Crippen LogP contribution in [0.15, 0.2) is 12.3 Å². The monoisotopic (exact) mass is 167 g/mol. The van der Waals surface area contributed by atoms with E-state index in [9.17, 15) is 0 Å². The van der Waals surface area contributed by atoms with Gasteiger partial charge in [-0.15, -0.1) is 0 Å². The Morgan fingerprint density at radius 1 is 1.33 bits per heavy atom. The summed E-state index contributed by atoms with van der Waals surface area (Å²) in [5, 5.41) is 0. The number of piperidine rings is 1. The molecular weight excluding hydrogens is 146 g/mol. The second kappa shape index (κ2) is 4.54. The molecule has 1 aliphatic heterocycles. The predicted octanol–water partition coefficient (Wildman–Crippen LogP) is 3.03. The fourth-order valence-electron chi connectivity index (χ4n) is 1.73. The van der Waals surface area contributed by atoms with Crippen molar-refractivity contribution in [3.05, 3.63) is 12.3 Å². The van der Waals surface area contributed by atoms with Gasteiger partial charge < -0.3 is 4.90 Å². The minimum Gasteiger partial charge on any atom is -0.375 e. The maximum atomic E-state index is 4.18. The maximum absolute atomic E-state index is 4.18. The van der Waals surface area contributed by atoms with Gasteiger partial charge in [0.1, 0.15) is 0 Å². The number of hydrogen-bond acceptors (Lipinski definition) is 1. The molecule has 0 aromatic rings. The number of hydrogen-bond donors (Lipinski definition) is 0. The smallest absolute Gasteiger partial charge is 0.0174 e. The maximum Gasteiger partial charge on any atom is 0.0174 e. The quantitative estimate of drug-likeness (QED) is 0.624. The van der Waals surface area contributed by atoms with Crippen LogP contribution < -0.4 is 0 Å². The molecule has 0 amide bonds. The molecule has 1 nitrogen and oxygen atoms in total. The summed E-state index contributed by atoms with van der Waals surface area (Å²) in [5.74, 6) is 0.670. The van der Waals surface area contributed by atoms with Gasteiger partial charge in [0, 0.05) is 18.8 Å². The number of nitrogens with zero attached hydrogens (tertiary/aromatic N) is 1. The van der Waals surface area contributed by atoms with Crippen LogP contribution in [0.5, 0.6) is 0 Å². The Hall–Kier alpha value is -0.460. The van der Waals surface area contributed by atoms with Crippen molar-refractivity contribution in [1.29, 1.82) is 0 Å². The normalized spacial score (nSPS) is 20.7. The Balaban J connectivity index is 2.39. The summed E-state index contributed by atoms with van der Waals surface area (Å²) in [6.07, 6.45) is 5.34. The fourth-order valence-corrected chi connectivity index (χ4v) is 1.73. The highest BCUT2D eigenvalue weighted by atomic mass is 15.1. The lowest BCUT2D eigenvalue weighted by Gasteiger charge is -2.33. The van der Waals surface area contributed by atoms with E-state index in [0.29, 0.717) is 5.92 Å². The van der Waals surface area contributed by atoms with E-state index in [1.807, 2.05) is 0 Å². The van der Waals surface area contributed by atoms with Gasteiger partial charge in [-0.05, 0) is 31.6 Å². The molecule has 0 bridgehead atoms. The summed E-state index contributed by atoms with van der Waals surface area (Å²) in [6, 6.07) is 0. The highest BCUT2D eigenvalue weighted by Crippen LogP contribution is 2.20. The molecule has 0 aromatic heterocycles. The van der Waals surface area contributed by atoms with Gasteiger partial charge in [0.05, 0.1) is 0 Å². The first-order valence-corrected chi connectivity index (χ1v) is 5.19. The van der Waals surface area contributed by atoms with Gasteiger partial charge in [-0.25, -0.2) is 0 Å². The molecule has 1 saturated heterocycles. The molecule has 1 rings (SSSR count). The van der Waals surface area contributed by atoms with Crippen LogP contribution in [0.1, 0.15) is 39.5 Å². The van der Waals surface area contributed by atoms with Crippen LogP contribution in [0.2, 0.25) is 0 Å². The lowest BCUT2D eigenvalue weighted by atomic mass is 10.0. The van der Waals surface area contributed by atoms with E-state index >= 15 is 0 Å². The average Bonchev–Trinajstić information content (AvgIpc) is 2.17. The number of allylic oxidation sites excluding steroid dienone is 1. The summed E-state index contributed by atoms with van der Waals surface area (Å²) in [7, 11) is 0. The van der Waals surface area contributed by atoms with Crippen molar-refractivity contribution in [3.8, 4) is 0 Å². The van der Waals surface area contributed by atoms with Crippen LogP contribution >= 0.6 is 0 Å². The van der Waals surface area contributed by atoms with E-state index in [2.05, 4.69) is 25.3 Å². The molecule has 1 unspecified atom stereocenters. The van der Waals surface area contributed by atoms with Crippen molar-refractivity contribution in [3.63, 3.8) is 0 Å². The molecule has 0 radical (unpaired) electrons. The summed E-state index contributed by atoms with van der Waals surface area (Å²) in [4.78, 5) is 2.47. The van der Waals surface area contributed by atoms with Crippen molar-refractivity contribution >= 4 is 0 Å². The standard InChI is InChI=1S/C11H21N/c1-4-10(2)11(3)12-8-6-5-7-9-12/h10H,3-9H2,1-2H3. The van der Waals surface area contributed by atoms with Crippen molar-refractivity contribution < 1.29 is 0 Å². The van der Waals surface area contributed by atoms with Crippen molar-refractivity contribution in [2.45, 2.75) is 39.5 Å². The molecule has 70 valence electrons. The lowest BCUT2D eigenvalue weighted by molar-refractivity contribution is 0.258. The molecule has 0 saturated carbocycles. The van der Waals surface area contributed by atoms with Gasteiger partial charge >= 0.3 is 0 Å². The van der Waals surface area contributed by atoms with Crippen molar-refractivity contribution in [1.82, 2.24) is 4.90 Å². The average molecular weight is 167 g/mol. The molecule has 0 N–H and O–H groups in total. The zero-order chi connectivity index (χ0) is 8.97. The third-order valence-electron chi connectivity index (χ3n) is 2.94. The van der Waals surface area contributed by atoms with E-state index in [4.69, 9.17) is 0 Å². The Morgan fingerprint density at radius 2 is 1.92 bits per heavy atom. The van der Waals surface area contributed by atoms with Crippen LogP contribution in [-0.4, -0.2) is 18.0 Å². The topological polar surface area (TPSA) is 3.24 Å². The molecule has 1 aliphatic rings. The van der Waals surface area contributed by atoms with Gasteiger partial charge in [0.25, 0.3) is 0 Å². The van der Waals surface area contributed by atoms with Crippen LogP contribution in [0.25, 0.3) is 0 Å². The Morgan fingerprint density at radius 3 is 2.42 bits per heavy atom. The van der Waals surface area contributed by atoms with Gasteiger partial charge in [-0.2, -0.15) is 0 Å². The third-order valence-corrected chi connectivity index (χ3v) is 2.94. The first-order chi connectivity index (χ1) is 5.75. The molecule has 0 aliphatic carbocycles. The van der Waals surface area contributed by atoms with E-state index in [0.717, 1.165) is 0 Å². The molecule has 12 heavy (non-hydrogen) atoms. The summed E-state index contributed by atoms with van der Waals surface area (Å²) in [6.45, 7) is 11.2. The SMILES string of the molecule is C=C(C(C)CC)N1CCCCC1. The number of likely N-dealkylation sites (tertiary alicyclic amines) is 1. The molecule has 1 heterocycles. The Bertz CT molecular complexity index is 145. The molecule has 1 fully saturated rings. The first kappa shape index (κ1) is 9.63. The Labute approximate surface area is 76.5 Å². The highest BCUT2D eigenvalue weighted by molar-refractivity contribution is 4.98. The second-order valence-corrected chi connectivity index (χ2v) is 3.85. The molecule has 1 atom stereocenters. The summed E-state index contributed by atoms with van der Waals surface area (Å²) >= 11 is 0. The third kappa shape index (κ3) is 2.26. The Kier molecular flexibility index (Phi) is 3.64. The molecule has 1 heteroatoms. The zero-order valence-electron chi connectivity index (χ0n) is 8.47.